The first-order chi connectivity index (χ1) is 9.60. The van der Waals surface area contributed by atoms with Crippen LogP contribution in [0.25, 0.3) is 0 Å². The summed E-state index contributed by atoms with van der Waals surface area (Å²) in [6, 6.07) is 5.95. The molecular weight excluding hydrogens is 248 g/mol. The van der Waals surface area contributed by atoms with Gasteiger partial charge in [-0.05, 0) is 56.2 Å². The minimum absolute atomic E-state index is 0.0447. The van der Waals surface area contributed by atoms with Gasteiger partial charge >= 0.3 is 0 Å². The summed E-state index contributed by atoms with van der Waals surface area (Å²) in [6.45, 7) is 7.95. The van der Waals surface area contributed by atoms with Gasteiger partial charge in [-0.25, -0.2) is 0 Å². The van der Waals surface area contributed by atoms with E-state index in [1.165, 1.54) is 31.2 Å². The molecule has 0 unspecified atom stereocenters. The predicted octanol–water partition coefficient (Wildman–Crippen LogP) is 3.74. The largest absolute Gasteiger partial charge is 0.385 e. The van der Waals surface area contributed by atoms with Crippen LogP contribution in [0.15, 0.2) is 18.2 Å². The van der Waals surface area contributed by atoms with E-state index in [1.807, 2.05) is 32.0 Å². The average Bonchev–Trinajstić information content (AvgIpc) is 3.17. The van der Waals surface area contributed by atoms with Crippen molar-refractivity contribution in [1.29, 1.82) is 0 Å². The molecule has 1 aliphatic rings. The maximum Gasteiger partial charge on any atom is 0.253 e. The summed E-state index contributed by atoms with van der Waals surface area (Å²) in [4.78, 5) is 12.4. The van der Waals surface area contributed by atoms with E-state index in [4.69, 9.17) is 0 Å². The molecule has 0 heterocycles. The first-order valence-electron chi connectivity index (χ1n) is 7.73. The molecule has 110 valence electrons. The summed E-state index contributed by atoms with van der Waals surface area (Å²) >= 11 is 0. The molecule has 2 N–H and O–H groups in total. The lowest BCUT2D eigenvalue weighted by molar-refractivity contribution is 0.0944. The predicted molar refractivity (Wildman–Crippen MR) is 84.3 cm³/mol. The monoisotopic (exact) mass is 274 g/mol. The first kappa shape index (κ1) is 14.9. The summed E-state index contributed by atoms with van der Waals surface area (Å²) < 4.78 is 0. The van der Waals surface area contributed by atoms with Crippen molar-refractivity contribution in [2.75, 3.05) is 18.4 Å². The van der Waals surface area contributed by atoms with Crippen molar-refractivity contribution in [2.45, 2.75) is 46.5 Å². The Kier molecular flexibility index (Phi) is 4.69. The third-order valence-electron chi connectivity index (χ3n) is 4.15. The molecule has 1 saturated carbocycles. The van der Waals surface area contributed by atoms with Crippen LogP contribution in [-0.2, 0) is 0 Å². The van der Waals surface area contributed by atoms with Crippen molar-refractivity contribution in [3.63, 3.8) is 0 Å². The van der Waals surface area contributed by atoms with Gasteiger partial charge in [0.2, 0.25) is 0 Å². The Morgan fingerprint density at radius 3 is 2.65 bits per heavy atom. The van der Waals surface area contributed by atoms with Crippen LogP contribution in [0, 0.1) is 12.3 Å². The molecule has 3 heteroatoms. The highest BCUT2D eigenvalue weighted by Crippen LogP contribution is 2.48. The van der Waals surface area contributed by atoms with E-state index < -0.39 is 0 Å². The average molecular weight is 274 g/mol. The lowest BCUT2D eigenvalue weighted by atomic mass is 10.0. The Hall–Kier alpha value is -1.51. The van der Waals surface area contributed by atoms with Crippen molar-refractivity contribution in [3.05, 3.63) is 29.3 Å². The Morgan fingerprint density at radius 1 is 1.30 bits per heavy atom. The van der Waals surface area contributed by atoms with Crippen LogP contribution in [0.4, 0.5) is 5.69 Å². The van der Waals surface area contributed by atoms with Crippen molar-refractivity contribution < 1.29 is 4.79 Å². The number of carbonyl (C=O) groups excluding carboxylic acids is 1. The van der Waals surface area contributed by atoms with Gasteiger partial charge in [-0.2, -0.15) is 0 Å². The molecule has 0 radical (unpaired) electrons. The van der Waals surface area contributed by atoms with E-state index in [2.05, 4.69) is 17.6 Å². The highest BCUT2D eigenvalue weighted by molar-refractivity contribution is 5.99. The summed E-state index contributed by atoms with van der Waals surface area (Å²) in [7, 11) is 0. The van der Waals surface area contributed by atoms with Crippen molar-refractivity contribution in [1.82, 2.24) is 5.32 Å². The van der Waals surface area contributed by atoms with Gasteiger partial charge in [0, 0.05) is 18.8 Å². The molecule has 2 rings (SSSR count). The summed E-state index contributed by atoms with van der Waals surface area (Å²) in [5.74, 6) is 0.0447. The van der Waals surface area contributed by atoms with Gasteiger partial charge in [0.15, 0.2) is 0 Å². The van der Waals surface area contributed by atoms with Crippen LogP contribution in [0.1, 0.15) is 55.5 Å². The van der Waals surface area contributed by atoms with Gasteiger partial charge < -0.3 is 10.6 Å². The topological polar surface area (TPSA) is 41.1 Å². The molecule has 0 bridgehead atoms. The first-order valence-corrected chi connectivity index (χ1v) is 7.73. The molecule has 1 fully saturated rings. The Bertz CT molecular complexity index is 478. The number of hydrogen-bond donors (Lipinski definition) is 2. The SMILES string of the molecule is CCCC1(CNC(=O)c2ccc(C)cc2NCC)CC1. The van der Waals surface area contributed by atoms with Crippen molar-refractivity contribution in [2.24, 2.45) is 5.41 Å². The van der Waals surface area contributed by atoms with E-state index in [0.29, 0.717) is 5.41 Å². The highest BCUT2D eigenvalue weighted by Gasteiger charge is 2.41. The maximum absolute atomic E-state index is 12.4. The number of nitrogens with one attached hydrogen (secondary N) is 2. The minimum Gasteiger partial charge on any atom is -0.385 e. The van der Waals surface area contributed by atoms with Gasteiger partial charge in [0.05, 0.1) is 5.56 Å². The highest BCUT2D eigenvalue weighted by atomic mass is 16.1. The van der Waals surface area contributed by atoms with Gasteiger partial charge in [-0.15, -0.1) is 0 Å². The molecule has 1 amide bonds. The number of anilines is 1. The smallest absolute Gasteiger partial charge is 0.253 e. The van der Waals surface area contributed by atoms with Crippen molar-refractivity contribution in [3.8, 4) is 0 Å². The van der Waals surface area contributed by atoms with Crippen LogP contribution < -0.4 is 10.6 Å². The fourth-order valence-electron chi connectivity index (χ4n) is 2.78. The number of benzene rings is 1. The molecule has 3 nitrogen and oxygen atoms in total. The van der Waals surface area contributed by atoms with Crippen LogP contribution >= 0.6 is 0 Å². The van der Waals surface area contributed by atoms with E-state index in [-0.39, 0.29) is 5.91 Å². The molecular formula is C17H26N2O. The fourth-order valence-corrected chi connectivity index (χ4v) is 2.78. The molecule has 1 aliphatic carbocycles. The van der Waals surface area contributed by atoms with E-state index >= 15 is 0 Å². The molecule has 1 aromatic carbocycles. The fraction of sp³-hybridized carbons (Fsp3) is 0.588. The zero-order chi connectivity index (χ0) is 14.6. The lowest BCUT2D eigenvalue weighted by Gasteiger charge is -2.16. The second kappa shape index (κ2) is 6.29. The number of hydrogen-bond acceptors (Lipinski definition) is 2. The normalized spacial score (nSPS) is 15.8. The molecule has 20 heavy (non-hydrogen) atoms. The lowest BCUT2D eigenvalue weighted by Crippen LogP contribution is -2.30. The number of carbonyl (C=O) groups is 1. The maximum atomic E-state index is 12.4. The number of rotatable bonds is 7. The third kappa shape index (κ3) is 3.53. The van der Waals surface area contributed by atoms with E-state index in [1.54, 1.807) is 0 Å². The molecule has 0 atom stereocenters. The van der Waals surface area contributed by atoms with E-state index in [0.717, 1.165) is 24.3 Å². The number of aryl methyl sites for hydroxylation is 1. The van der Waals surface area contributed by atoms with Gasteiger partial charge in [0.1, 0.15) is 0 Å². The van der Waals surface area contributed by atoms with Crippen LogP contribution in [0.5, 0.6) is 0 Å². The molecule has 0 aliphatic heterocycles. The van der Waals surface area contributed by atoms with Gasteiger partial charge in [-0.3, -0.25) is 4.79 Å². The Labute approximate surface area is 122 Å². The third-order valence-corrected chi connectivity index (χ3v) is 4.15. The van der Waals surface area contributed by atoms with Gasteiger partial charge in [-0.1, -0.05) is 19.4 Å². The Balaban J connectivity index is 2.02. The van der Waals surface area contributed by atoms with Crippen molar-refractivity contribution >= 4 is 11.6 Å². The quantitative estimate of drug-likeness (QED) is 0.795. The molecule has 1 aromatic rings. The summed E-state index contributed by atoms with van der Waals surface area (Å²) in [6.07, 6.45) is 4.94. The Morgan fingerprint density at radius 2 is 2.05 bits per heavy atom. The van der Waals surface area contributed by atoms with Crippen LogP contribution in [0.2, 0.25) is 0 Å². The summed E-state index contributed by atoms with van der Waals surface area (Å²) in [5.41, 5.74) is 3.25. The van der Waals surface area contributed by atoms with Gasteiger partial charge in [0.25, 0.3) is 5.91 Å². The zero-order valence-corrected chi connectivity index (χ0v) is 12.9. The molecule has 0 aromatic heterocycles. The standard InChI is InChI=1S/C17H26N2O/c1-4-8-17(9-10-17)12-19-16(20)14-7-6-13(3)11-15(14)18-5-2/h6-7,11,18H,4-5,8-10,12H2,1-3H3,(H,19,20). The second-order valence-corrected chi connectivity index (χ2v) is 6.01. The summed E-state index contributed by atoms with van der Waals surface area (Å²) in [5, 5.41) is 6.40. The van der Waals surface area contributed by atoms with E-state index in [9.17, 15) is 4.79 Å². The minimum atomic E-state index is 0.0447. The second-order valence-electron chi connectivity index (χ2n) is 6.01. The zero-order valence-electron chi connectivity index (χ0n) is 12.9. The van der Waals surface area contributed by atoms with Crippen LogP contribution in [-0.4, -0.2) is 19.0 Å². The molecule has 0 saturated heterocycles. The molecule has 0 spiro atoms. The number of amides is 1. The van der Waals surface area contributed by atoms with Crippen LogP contribution in [0.3, 0.4) is 0 Å².